The standard InChI is InChI=1S/C16H30N2O2/c1-13(2)18-8-6-16(3,7-9-18)15(19)17-12-14-4-10-20-11-5-14/h13-14H,4-12H2,1-3H3,(H,17,19). The topological polar surface area (TPSA) is 41.6 Å². The predicted octanol–water partition coefficient (Wildman–Crippen LogP) is 2.04. The number of hydrogen-bond donors (Lipinski definition) is 1. The van der Waals surface area contributed by atoms with Gasteiger partial charge in [0.2, 0.25) is 5.91 Å². The van der Waals surface area contributed by atoms with Gasteiger partial charge < -0.3 is 15.0 Å². The van der Waals surface area contributed by atoms with Crippen LogP contribution in [0.1, 0.15) is 46.5 Å². The first-order chi connectivity index (χ1) is 9.51. The van der Waals surface area contributed by atoms with Gasteiger partial charge in [-0.15, -0.1) is 0 Å². The quantitative estimate of drug-likeness (QED) is 0.858. The average Bonchev–Trinajstić information content (AvgIpc) is 2.46. The van der Waals surface area contributed by atoms with E-state index in [0.29, 0.717) is 12.0 Å². The van der Waals surface area contributed by atoms with Crippen molar-refractivity contribution in [2.75, 3.05) is 32.8 Å². The number of amides is 1. The maximum Gasteiger partial charge on any atom is 0.226 e. The third kappa shape index (κ3) is 3.95. The van der Waals surface area contributed by atoms with Crippen molar-refractivity contribution in [2.45, 2.75) is 52.5 Å². The molecule has 0 aromatic carbocycles. The molecule has 0 spiro atoms. The Labute approximate surface area is 123 Å². The van der Waals surface area contributed by atoms with Crippen LogP contribution in [0.5, 0.6) is 0 Å². The van der Waals surface area contributed by atoms with E-state index in [1.165, 1.54) is 0 Å². The Morgan fingerprint density at radius 3 is 2.45 bits per heavy atom. The fraction of sp³-hybridized carbons (Fsp3) is 0.938. The van der Waals surface area contributed by atoms with E-state index in [2.05, 4.69) is 31.0 Å². The molecule has 4 heteroatoms. The summed E-state index contributed by atoms with van der Waals surface area (Å²) >= 11 is 0. The third-order valence-corrected chi connectivity index (χ3v) is 5.07. The fourth-order valence-electron chi connectivity index (χ4n) is 3.16. The average molecular weight is 282 g/mol. The Balaban J connectivity index is 1.76. The number of ether oxygens (including phenoxy) is 1. The molecule has 0 aliphatic carbocycles. The van der Waals surface area contributed by atoms with Crippen LogP contribution < -0.4 is 5.32 Å². The molecular formula is C16H30N2O2. The molecular weight excluding hydrogens is 252 g/mol. The van der Waals surface area contributed by atoms with Crippen LogP contribution in [0.15, 0.2) is 0 Å². The lowest BCUT2D eigenvalue weighted by molar-refractivity contribution is -0.133. The number of nitrogens with one attached hydrogen (secondary N) is 1. The first kappa shape index (κ1) is 15.8. The molecule has 0 aromatic heterocycles. The van der Waals surface area contributed by atoms with E-state index in [1.54, 1.807) is 0 Å². The zero-order valence-corrected chi connectivity index (χ0v) is 13.3. The molecule has 4 nitrogen and oxygen atoms in total. The summed E-state index contributed by atoms with van der Waals surface area (Å²) in [6.07, 6.45) is 4.12. The second kappa shape index (κ2) is 6.90. The van der Waals surface area contributed by atoms with Crippen LogP contribution in [0.25, 0.3) is 0 Å². The van der Waals surface area contributed by atoms with Crippen molar-refractivity contribution in [3.05, 3.63) is 0 Å². The molecule has 2 aliphatic rings. The van der Waals surface area contributed by atoms with Crippen molar-refractivity contribution in [2.24, 2.45) is 11.3 Å². The second-order valence-corrected chi connectivity index (χ2v) is 6.96. The van der Waals surface area contributed by atoms with Crippen molar-refractivity contribution < 1.29 is 9.53 Å². The molecule has 1 N–H and O–H groups in total. The molecule has 1 amide bonds. The zero-order chi connectivity index (χ0) is 14.6. The number of piperidine rings is 1. The van der Waals surface area contributed by atoms with E-state index in [4.69, 9.17) is 4.74 Å². The molecule has 20 heavy (non-hydrogen) atoms. The molecule has 0 atom stereocenters. The monoisotopic (exact) mass is 282 g/mol. The van der Waals surface area contributed by atoms with Gasteiger partial charge >= 0.3 is 0 Å². The highest BCUT2D eigenvalue weighted by Gasteiger charge is 2.37. The summed E-state index contributed by atoms with van der Waals surface area (Å²) in [4.78, 5) is 14.9. The molecule has 2 heterocycles. The number of carbonyl (C=O) groups is 1. The highest BCUT2D eigenvalue weighted by molar-refractivity contribution is 5.82. The van der Waals surface area contributed by atoms with E-state index < -0.39 is 0 Å². The molecule has 0 unspecified atom stereocenters. The summed E-state index contributed by atoms with van der Waals surface area (Å²) in [6, 6.07) is 0.588. The van der Waals surface area contributed by atoms with Crippen molar-refractivity contribution in [1.29, 1.82) is 0 Å². The normalized spacial score (nSPS) is 24.8. The molecule has 2 rings (SSSR count). The van der Waals surface area contributed by atoms with Gasteiger partial charge in [0, 0.05) is 31.2 Å². The number of hydrogen-bond acceptors (Lipinski definition) is 3. The summed E-state index contributed by atoms with van der Waals surface area (Å²) in [6.45, 7) is 11.2. The molecule has 116 valence electrons. The number of carbonyl (C=O) groups excluding carboxylic acids is 1. The van der Waals surface area contributed by atoms with Crippen molar-refractivity contribution in [3.8, 4) is 0 Å². The van der Waals surface area contributed by atoms with Crippen LogP contribution in [-0.2, 0) is 9.53 Å². The fourth-order valence-corrected chi connectivity index (χ4v) is 3.16. The first-order valence-corrected chi connectivity index (χ1v) is 8.11. The van der Waals surface area contributed by atoms with Crippen molar-refractivity contribution >= 4 is 5.91 Å². The third-order valence-electron chi connectivity index (χ3n) is 5.07. The summed E-state index contributed by atoms with van der Waals surface area (Å²) in [5.41, 5.74) is -0.170. The largest absolute Gasteiger partial charge is 0.381 e. The SMILES string of the molecule is CC(C)N1CCC(C)(C(=O)NCC2CCOCC2)CC1. The van der Waals surface area contributed by atoms with E-state index in [0.717, 1.165) is 58.5 Å². The lowest BCUT2D eigenvalue weighted by atomic mass is 9.79. The van der Waals surface area contributed by atoms with Crippen LogP contribution in [0.3, 0.4) is 0 Å². The number of likely N-dealkylation sites (tertiary alicyclic amines) is 1. The van der Waals surface area contributed by atoms with E-state index in [-0.39, 0.29) is 11.3 Å². The molecule has 2 aliphatic heterocycles. The molecule has 2 fully saturated rings. The molecule has 0 bridgehead atoms. The minimum atomic E-state index is -0.170. The molecule has 0 saturated carbocycles. The minimum absolute atomic E-state index is 0.170. The summed E-state index contributed by atoms with van der Waals surface area (Å²) in [5, 5.41) is 3.19. The predicted molar refractivity (Wildman–Crippen MR) is 80.6 cm³/mol. The zero-order valence-electron chi connectivity index (χ0n) is 13.3. The van der Waals surface area contributed by atoms with Crippen LogP contribution >= 0.6 is 0 Å². The van der Waals surface area contributed by atoms with Crippen LogP contribution in [0.4, 0.5) is 0 Å². The van der Waals surface area contributed by atoms with Crippen LogP contribution in [-0.4, -0.2) is 49.7 Å². The summed E-state index contributed by atoms with van der Waals surface area (Å²) in [5.74, 6) is 0.861. The van der Waals surface area contributed by atoms with Gasteiger partial charge in [0.15, 0.2) is 0 Å². The minimum Gasteiger partial charge on any atom is -0.381 e. The van der Waals surface area contributed by atoms with E-state index in [9.17, 15) is 4.79 Å². The highest BCUT2D eigenvalue weighted by atomic mass is 16.5. The molecule has 0 radical (unpaired) electrons. The Morgan fingerprint density at radius 2 is 1.90 bits per heavy atom. The van der Waals surface area contributed by atoms with Gasteiger partial charge in [-0.1, -0.05) is 6.92 Å². The van der Waals surface area contributed by atoms with Crippen molar-refractivity contribution in [1.82, 2.24) is 10.2 Å². The lowest BCUT2D eigenvalue weighted by Crippen LogP contribution is -2.49. The molecule has 0 aromatic rings. The van der Waals surface area contributed by atoms with Crippen LogP contribution in [0.2, 0.25) is 0 Å². The highest BCUT2D eigenvalue weighted by Crippen LogP contribution is 2.32. The smallest absolute Gasteiger partial charge is 0.226 e. The Bertz CT molecular complexity index is 316. The van der Waals surface area contributed by atoms with Gasteiger partial charge in [0.05, 0.1) is 0 Å². The first-order valence-electron chi connectivity index (χ1n) is 8.11. The van der Waals surface area contributed by atoms with E-state index >= 15 is 0 Å². The second-order valence-electron chi connectivity index (χ2n) is 6.96. The maximum atomic E-state index is 12.5. The molecule has 2 saturated heterocycles. The Hall–Kier alpha value is -0.610. The van der Waals surface area contributed by atoms with Crippen molar-refractivity contribution in [3.63, 3.8) is 0 Å². The number of rotatable bonds is 4. The van der Waals surface area contributed by atoms with Crippen LogP contribution in [0, 0.1) is 11.3 Å². The van der Waals surface area contributed by atoms with Gasteiger partial charge in [-0.05, 0) is 58.5 Å². The maximum absolute atomic E-state index is 12.5. The Kier molecular flexibility index (Phi) is 5.44. The van der Waals surface area contributed by atoms with Gasteiger partial charge in [-0.2, -0.15) is 0 Å². The summed E-state index contributed by atoms with van der Waals surface area (Å²) < 4.78 is 5.36. The van der Waals surface area contributed by atoms with Gasteiger partial charge in [-0.25, -0.2) is 0 Å². The van der Waals surface area contributed by atoms with Gasteiger partial charge in [-0.3, -0.25) is 4.79 Å². The number of nitrogens with zero attached hydrogens (tertiary/aromatic N) is 1. The van der Waals surface area contributed by atoms with Gasteiger partial charge in [0.25, 0.3) is 0 Å². The summed E-state index contributed by atoms with van der Waals surface area (Å²) in [7, 11) is 0. The lowest BCUT2D eigenvalue weighted by Gasteiger charge is -2.40. The Morgan fingerprint density at radius 1 is 1.30 bits per heavy atom. The van der Waals surface area contributed by atoms with E-state index in [1.807, 2.05) is 0 Å². The van der Waals surface area contributed by atoms with Gasteiger partial charge in [0.1, 0.15) is 0 Å².